The lowest BCUT2D eigenvalue weighted by Crippen LogP contribution is -2.26. The van der Waals surface area contributed by atoms with E-state index in [1.807, 2.05) is 24.3 Å². The van der Waals surface area contributed by atoms with Gasteiger partial charge < -0.3 is 5.32 Å². The van der Waals surface area contributed by atoms with Crippen LogP contribution < -0.4 is 10.0 Å². The Bertz CT molecular complexity index is 880. The lowest BCUT2D eigenvalue weighted by Gasteiger charge is -2.08. The second-order valence-electron chi connectivity index (χ2n) is 6.37. The number of halogens is 1. The van der Waals surface area contributed by atoms with E-state index in [4.69, 9.17) is 11.6 Å². The molecule has 144 valence electrons. The van der Waals surface area contributed by atoms with Crippen LogP contribution in [0.2, 0.25) is 5.02 Å². The molecule has 27 heavy (non-hydrogen) atoms. The minimum absolute atomic E-state index is 0.0384. The van der Waals surface area contributed by atoms with Gasteiger partial charge >= 0.3 is 0 Å². The van der Waals surface area contributed by atoms with Crippen LogP contribution in [-0.4, -0.2) is 26.1 Å². The fraction of sp³-hybridized carbons (Fsp3) is 0.316. The first kappa shape index (κ1) is 20.2. The van der Waals surface area contributed by atoms with E-state index in [0.717, 1.165) is 23.3 Å². The number of thioether (sulfide) groups is 1. The third kappa shape index (κ3) is 6.53. The van der Waals surface area contributed by atoms with E-state index >= 15 is 0 Å². The van der Waals surface area contributed by atoms with Crippen LogP contribution in [0.25, 0.3) is 0 Å². The molecule has 0 aromatic heterocycles. The molecule has 1 saturated carbocycles. The van der Waals surface area contributed by atoms with Crippen LogP contribution in [0.3, 0.4) is 0 Å². The first-order valence-electron chi connectivity index (χ1n) is 8.69. The molecule has 2 N–H and O–H groups in total. The summed E-state index contributed by atoms with van der Waals surface area (Å²) in [6, 6.07) is 14.2. The van der Waals surface area contributed by atoms with Gasteiger partial charge in [0, 0.05) is 34.7 Å². The van der Waals surface area contributed by atoms with Crippen LogP contribution in [0.1, 0.15) is 24.8 Å². The Labute approximate surface area is 168 Å². The highest BCUT2D eigenvalue weighted by molar-refractivity contribution is 7.99. The van der Waals surface area contributed by atoms with Gasteiger partial charge in [-0.15, -0.1) is 11.8 Å². The molecule has 1 fully saturated rings. The molecule has 3 rings (SSSR count). The van der Waals surface area contributed by atoms with Crippen molar-refractivity contribution in [2.45, 2.75) is 41.6 Å². The Balaban J connectivity index is 1.41. The molecule has 8 heteroatoms. The lowest BCUT2D eigenvalue weighted by atomic mass is 10.2. The Hall–Kier alpha value is -1.54. The summed E-state index contributed by atoms with van der Waals surface area (Å²) >= 11 is 7.45. The van der Waals surface area contributed by atoms with Gasteiger partial charge in [0.05, 0.1) is 4.90 Å². The molecule has 0 radical (unpaired) electrons. The highest BCUT2D eigenvalue weighted by Gasteiger charge is 2.27. The van der Waals surface area contributed by atoms with E-state index in [0.29, 0.717) is 23.7 Å². The fourth-order valence-electron chi connectivity index (χ4n) is 2.36. The van der Waals surface area contributed by atoms with Crippen LogP contribution in [0.15, 0.2) is 58.3 Å². The van der Waals surface area contributed by atoms with Crippen molar-refractivity contribution in [2.24, 2.45) is 0 Å². The first-order valence-corrected chi connectivity index (χ1v) is 11.5. The number of benzene rings is 2. The zero-order valence-electron chi connectivity index (χ0n) is 14.7. The summed E-state index contributed by atoms with van der Waals surface area (Å²) in [6.07, 6.45) is 2.21. The monoisotopic (exact) mass is 424 g/mol. The van der Waals surface area contributed by atoms with Gasteiger partial charge in [0.1, 0.15) is 0 Å². The zero-order chi connectivity index (χ0) is 19.3. The van der Waals surface area contributed by atoms with Gasteiger partial charge in [-0.3, -0.25) is 4.79 Å². The number of amides is 1. The predicted octanol–water partition coefficient (Wildman–Crippen LogP) is 3.58. The molecule has 0 saturated heterocycles. The molecule has 1 aliphatic carbocycles. The number of carbonyl (C=O) groups excluding carboxylic acids is 1. The van der Waals surface area contributed by atoms with Gasteiger partial charge in [0.2, 0.25) is 15.9 Å². The predicted molar refractivity (Wildman–Crippen MR) is 108 cm³/mol. The van der Waals surface area contributed by atoms with E-state index in [2.05, 4.69) is 10.0 Å². The Morgan fingerprint density at radius 2 is 1.74 bits per heavy atom. The number of hydrogen-bond acceptors (Lipinski definition) is 4. The maximum atomic E-state index is 12.1. The van der Waals surface area contributed by atoms with Gasteiger partial charge in [0.15, 0.2) is 0 Å². The van der Waals surface area contributed by atoms with Crippen LogP contribution >= 0.6 is 23.4 Å². The molecule has 1 amide bonds. The molecule has 0 atom stereocenters. The average molecular weight is 425 g/mol. The summed E-state index contributed by atoms with van der Waals surface area (Å²) in [5, 5.41) is 3.55. The highest BCUT2D eigenvalue weighted by Crippen LogP contribution is 2.22. The van der Waals surface area contributed by atoms with Gasteiger partial charge in [-0.25, -0.2) is 13.1 Å². The van der Waals surface area contributed by atoms with Gasteiger partial charge in [-0.05, 0) is 54.8 Å². The first-order chi connectivity index (χ1) is 12.9. The van der Waals surface area contributed by atoms with Crippen LogP contribution in [0.5, 0.6) is 0 Å². The SMILES string of the molecule is O=C(CCSc1ccc(Cl)cc1)NCc1ccc(S(=O)(=O)NC2CC2)cc1. The van der Waals surface area contributed by atoms with Gasteiger partial charge in [-0.2, -0.15) is 0 Å². The third-order valence-corrected chi connectivity index (χ3v) is 6.84. The quantitative estimate of drug-likeness (QED) is 0.603. The van der Waals surface area contributed by atoms with Crippen molar-refractivity contribution < 1.29 is 13.2 Å². The van der Waals surface area contributed by atoms with E-state index < -0.39 is 10.0 Å². The van der Waals surface area contributed by atoms with Crippen molar-refractivity contribution in [2.75, 3.05) is 5.75 Å². The minimum Gasteiger partial charge on any atom is -0.352 e. The van der Waals surface area contributed by atoms with E-state index in [1.54, 1.807) is 36.0 Å². The van der Waals surface area contributed by atoms with Crippen LogP contribution in [0.4, 0.5) is 0 Å². The maximum Gasteiger partial charge on any atom is 0.240 e. The van der Waals surface area contributed by atoms with E-state index in [-0.39, 0.29) is 16.8 Å². The van der Waals surface area contributed by atoms with Gasteiger partial charge in [0.25, 0.3) is 0 Å². The van der Waals surface area contributed by atoms with Crippen LogP contribution in [0, 0.1) is 0 Å². The summed E-state index contributed by atoms with van der Waals surface area (Å²) in [4.78, 5) is 13.3. The van der Waals surface area contributed by atoms with Crippen molar-refractivity contribution in [3.05, 3.63) is 59.1 Å². The summed E-state index contributed by atoms with van der Waals surface area (Å²) in [5.41, 5.74) is 0.860. The fourth-order valence-corrected chi connectivity index (χ4v) is 4.64. The molecule has 0 spiro atoms. The van der Waals surface area contributed by atoms with Crippen molar-refractivity contribution in [1.29, 1.82) is 0 Å². The average Bonchev–Trinajstić information content (AvgIpc) is 3.45. The molecule has 2 aromatic carbocycles. The smallest absolute Gasteiger partial charge is 0.240 e. The standard InChI is InChI=1S/C19H21ClN2O3S2/c20-15-3-7-17(8-4-15)26-12-11-19(23)21-13-14-1-9-18(10-2-14)27(24,25)22-16-5-6-16/h1-4,7-10,16,22H,5-6,11-13H2,(H,21,23). The summed E-state index contributed by atoms with van der Waals surface area (Å²) in [5.74, 6) is 0.640. The molecule has 0 unspecified atom stereocenters. The van der Waals surface area contributed by atoms with E-state index in [9.17, 15) is 13.2 Å². The van der Waals surface area contributed by atoms with Crippen molar-refractivity contribution in [3.63, 3.8) is 0 Å². The number of sulfonamides is 1. The molecule has 1 aliphatic rings. The van der Waals surface area contributed by atoms with Crippen molar-refractivity contribution >= 4 is 39.3 Å². The van der Waals surface area contributed by atoms with E-state index in [1.165, 1.54) is 0 Å². The Morgan fingerprint density at radius 1 is 1.07 bits per heavy atom. The number of carbonyl (C=O) groups is 1. The largest absolute Gasteiger partial charge is 0.352 e. The molecule has 2 aromatic rings. The van der Waals surface area contributed by atoms with Crippen molar-refractivity contribution in [1.82, 2.24) is 10.0 Å². The second kappa shape index (κ2) is 9.10. The Kier molecular flexibility index (Phi) is 6.81. The summed E-state index contributed by atoms with van der Waals surface area (Å²) in [6.45, 7) is 0.376. The minimum atomic E-state index is -3.43. The van der Waals surface area contributed by atoms with Crippen LogP contribution in [-0.2, 0) is 21.4 Å². The molecule has 0 bridgehead atoms. The number of rotatable bonds is 9. The number of nitrogens with one attached hydrogen (secondary N) is 2. The molecule has 0 heterocycles. The van der Waals surface area contributed by atoms with Crippen molar-refractivity contribution in [3.8, 4) is 0 Å². The molecular formula is C19H21ClN2O3S2. The Morgan fingerprint density at radius 3 is 2.37 bits per heavy atom. The second-order valence-corrected chi connectivity index (χ2v) is 9.69. The topological polar surface area (TPSA) is 75.3 Å². The normalized spacial score (nSPS) is 14.1. The lowest BCUT2D eigenvalue weighted by molar-refractivity contribution is -0.120. The third-order valence-electron chi connectivity index (χ3n) is 4.03. The maximum absolute atomic E-state index is 12.1. The van der Waals surface area contributed by atoms with Gasteiger partial charge in [-0.1, -0.05) is 23.7 Å². The summed E-state index contributed by atoms with van der Waals surface area (Å²) in [7, 11) is -3.43. The number of hydrogen-bond donors (Lipinski definition) is 2. The summed E-state index contributed by atoms with van der Waals surface area (Å²) < 4.78 is 26.9. The highest BCUT2D eigenvalue weighted by atomic mass is 35.5. The molecule has 0 aliphatic heterocycles. The molecular weight excluding hydrogens is 404 g/mol. The molecule has 5 nitrogen and oxygen atoms in total. The zero-order valence-corrected chi connectivity index (χ0v) is 17.0.